The molecule has 4 heteroatoms. The molecule has 1 unspecified atom stereocenters. The Morgan fingerprint density at radius 2 is 2.00 bits per heavy atom. The number of unbranched alkanes of at least 4 members (excludes halogenated alkanes) is 1. The summed E-state index contributed by atoms with van der Waals surface area (Å²) in [6, 6.07) is 8.63. The molecule has 3 nitrogen and oxygen atoms in total. The number of aromatic nitrogens is 1. The molecule has 1 atom stereocenters. The Balaban J connectivity index is 1.73. The van der Waals surface area contributed by atoms with Gasteiger partial charge in [0.25, 0.3) is 0 Å². The van der Waals surface area contributed by atoms with Gasteiger partial charge in [-0.25, -0.2) is 4.98 Å². The monoisotopic (exact) mass is 292 g/mol. The minimum atomic E-state index is 0.318. The molecule has 0 aliphatic carbocycles. The zero-order valence-corrected chi connectivity index (χ0v) is 13.4. The van der Waals surface area contributed by atoms with Crippen LogP contribution in [0, 0.1) is 0 Å². The molecule has 2 aromatic rings. The Morgan fingerprint density at radius 1 is 1.20 bits per heavy atom. The molecule has 0 amide bonds. The van der Waals surface area contributed by atoms with Gasteiger partial charge in [-0.05, 0) is 52.3 Å². The normalized spacial score (nSPS) is 13.2. The lowest BCUT2D eigenvalue weighted by atomic mass is 10.3. The lowest BCUT2D eigenvalue weighted by molar-refractivity contribution is 0.0759. The van der Waals surface area contributed by atoms with Crippen LogP contribution in [0.3, 0.4) is 0 Å². The van der Waals surface area contributed by atoms with Crippen LogP contribution in [0.4, 0.5) is 0 Å². The van der Waals surface area contributed by atoms with E-state index in [0.29, 0.717) is 12.1 Å². The van der Waals surface area contributed by atoms with E-state index in [9.17, 15) is 0 Å². The molecule has 1 N–H and O–H groups in total. The van der Waals surface area contributed by atoms with Crippen LogP contribution in [0.25, 0.3) is 10.2 Å². The van der Waals surface area contributed by atoms with Crippen molar-refractivity contribution in [1.29, 1.82) is 0 Å². The number of nitrogens with one attached hydrogen (secondary N) is 1. The summed E-state index contributed by atoms with van der Waals surface area (Å²) in [5.41, 5.74) is 1.10. The Labute approximate surface area is 125 Å². The van der Waals surface area contributed by atoms with E-state index in [1.807, 2.05) is 6.07 Å². The van der Waals surface area contributed by atoms with Gasteiger partial charge in [-0.2, -0.15) is 0 Å². The van der Waals surface area contributed by atoms with Gasteiger partial charge in [0, 0.05) is 6.61 Å². The SMILES string of the molecule is CC(C)OCCCCNC(C)c1nc2ccccc2s1. The molecule has 0 aliphatic heterocycles. The summed E-state index contributed by atoms with van der Waals surface area (Å²) in [7, 11) is 0. The second-order valence-corrected chi connectivity index (χ2v) is 6.38. The molecule has 0 aliphatic rings. The lowest BCUT2D eigenvalue weighted by Gasteiger charge is -2.11. The van der Waals surface area contributed by atoms with Crippen LogP contribution in [-0.4, -0.2) is 24.2 Å². The lowest BCUT2D eigenvalue weighted by Crippen LogP contribution is -2.20. The summed E-state index contributed by atoms with van der Waals surface area (Å²) >= 11 is 1.78. The average Bonchev–Trinajstić information content (AvgIpc) is 2.86. The molecule has 2 rings (SSSR count). The van der Waals surface area contributed by atoms with Crippen molar-refractivity contribution in [1.82, 2.24) is 10.3 Å². The highest BCUT2D eigenvalue weighted by Gasteiger charge is 2.10. The van der Waals surface area contributed by atoms with Gasteiger partial charge in [0.2, 0.25) is 0 Å². The number of fused-ring (bicyclic) bond motifs is 1. The highest BCUT2D eigenvalue weighted by molar-refractivity contribution is 7.18. The van der Waals surface area contributed by atoms with E-state index >= 15 is 0 Å². The van der Waals surface area contributed by atoms with Gasteiger partial charge in [0.05, 0.1) is 22.4 Å². The first-order chi connectivity index (χ1) is 9.66. The van der Waals surface area contributed by atoms with Crippen molar-refractivity contribution in [3.8, 4) is 0 Å². The van der Waals surface area contributed by atoms with Crippen molar-refractivity contribution in [2.24, 2.45) is 0 Å². The Morgan fingerprint density at radius 3 is 2.75 bits per heavy atom. The zero-order valence-electron chi connectivity index (χ0n) is 12.6. The third-order valence-corrected chi connectivity index (χ3v) is 4.37. The summed E-state index contributed by atoms with van der Waals surface area (Å²) in [4.78, 5) is 4.68. The standard InChI is InChI=1S/C16H24N2OS/c1-12(2)19-11-7-6-10-17-13(3)16-18-14-8-4-5-9-15(14)20-16/h4-5,8-9,12-13,17H,6-7,10-11H2,1-3H3. The maximum atomic E-state index is 5.54. The van der Waals surface area contributed by atoms with E-state index in [1.54, 1.807) is 11.3 Å². The first kappa shape index (κ1) is 15.4. The Hall–Kier alpha value is -0.970. The molecular formula is C16H24N2OS. The maximum Gasteiger partial charge on any atom is 0.111 e. The zero-order chi connectivity index (χ0) is 14.4. The molecule has 0 fully saturated rings. The third-order valence-electron chi connectivity index (χ3n) is 3.15. The van der Waals surface area contributed by atoms with Crippen LogP contribution in [0.2, 0.25) is 0 Å². The topological polar surface area (TPSA) is 34.1 Å². The number of rotatable bonds is 8. The van der Waals surface area contributed by atoms with Crippen molar-refractivity contribution in [3.63, 3.8) is 0 Å². The van der Waals surface area contributed by atoms with Gasteiger partial charge in [-0.3, -0.25) is 0 Å². The van der Waals surface area contributed by atoms with Crippen LogP contribution in [-0.2, 0) is 4.74 Å². The highest BCUT2D eigenvalue weighted by Crippen LogP contribution is 2.25. The highest BCUT2D eigenvalue weighted by atomic mass is 32.1. The maximum absolute atomic E-state index is 5.54. The number of benzene rings is 1. The van der Waals surface area contributed by atoms with Crippen LogP contribution < -0.4 is 5.32 Å². The van der Waals surface area contributed by atoms with Crippen molar-refractivity contribution in [2.75, 3.05) is 13.2 Å². The van der Waals surface area contributed by atoms with Crippen molar-refractivity contribution < 1.29 is 4.74 Å². The smallest absolute Gasteiger partial charge is 0.111 e. The number of nitrogens with zero attached hydrogens (tertiary/aromatic N) is 1. The van der Waals surface area contributed by atoms with E-state index in [1.165, 1.54) is 9.71 Å². The molecule has 0 bridgehead atoms. The van der Waals surface area contributed by atoms with E-state index in [2.05, 4.69) is 49.3 Å². The van der Waals surface area contributed by atoms with Crippen LogP contribution >= 0.6 is 11.3 Å². The predicted molar refractivity (Wildman–Crippen MR) is 86.4 cm³/mol. The van der Waals surface area contributed by atoms with Crippen molar-refractivity contribution in [3.05, 3.63) is 29.3 Å². The molecule has 0 saturated heterocycles. The van der Waals surface area contributed by atoms with Gasteiger partial charge in [-0.15, -0.1) is 11.3 Å². The van der Waals surface area contributed by atoms with E-state index in [-0.39, 0.29) is 0 Å². The van der Waals surface area contributed by atoms with Gasteiger partial charge >= 0.3 is 0 Å². The van der Waals surface area contributed by atoms with Crippen LogP contribution in [0.1, 0.15) is 44.7 Å². The number of thiazole rings is 1. The van der Waals surface area contributed by atoms with E-state index in [4.69, 9.17) is 4.74 Å². The third kappa shape index (κ3) is 4.54. The first-order valence-electron chi connectivity index (χ1n) is 7.37. The Bertz CT molecular complexity index is 491. The molecule has 0 spiro atoms. The average molecular weight is 292 g/mol. The fourth-order valence-electron chi connectivity index (χ4n) is 2.03. The molecule has 1 heterocycles. The van der Waals surface area contributed by atoms with Crippen LogP contribution in [0.15, 0.2) is 24.3 Å². The summed E-state index contributed by atoms with van der Waals surface area (Å²) in [6.45, 7) is 8.21. The predicted octanol–water partition coefficient (Wildman–Crippen LogP) is 4.15. The van der Waals surface area contributed by atoms with E-state index in [0.717, 1.165) is 31.5 Å². The van der Waals surface area contributed by atoms with Crippen molar-refractivity contribution in [2.45, 2.75) is 45.8 Å². The molecule has 0 saturated carbocycles. The molecule has 110 valence electrons. The minimum absolute atomic E-state index is 0.318. The quantitative estimate of drug-likeness (QED) is 0.742. The summed E-state index contributed by atoms with van der Waals surface area (Å²) in [5.74, 6) is 0. The second-order valence-electron chi connectivity index (χ2n) is 5.32. The van der Waals surface area contributed by atoms with Gasteiger partial charge in [0.1, 0.15) is 5.01 Å². The number of hydrogen-bond acceptors (Lipinski definition) is 4. The first-order valence-corrected chi connectivity index (χ1v) is 8.19. The second kappa shape index (κ2) is 7.72. The van der Waals surface area contributed by atoms with Gasteiger partial charge in [-0.1, -0.05) is 12.1 Å². The molecule has 1 aromatic carbocycles. The number of ether oxygens (including phenoxy) is 1. The fraction of sp³-hybridized carbons (Fsp3) is 0.562. The molecule has 1 aromatic heterocycles. The number of hydrogen-bond donors (Lipinski definition) is 1. The summed E-state index contributed by atoms with van der Waals surface area (Å²) < 4.78 is 6.80. The van der Waals surface area contributed by atoms with Gasteiger partial charge in [0.15, 0.2) is 0 Å². The number of para-hydroxylation sites is 1. The largest absolute Gasteiger partial charge is 0.379 e. The summed E-state index contributed by atoms with van der Waals surface area (Å²) in [6.07, 6.45) is 2.59. The van der Waals surface area contributed by atoms with Crippen LogP contribution in [0.5, 0.6) is 0 Å². The Kier molecular flexibility index (Phi) is 5.95. The van der Waals surface area contributed by atoms with Gasteiger partial charge < -0.3 is 10.1 Å². The van der Waals surface area contributed by atoms with E-state index < -0.39 is 0 Å². The minimum Gasteiger partial charge on any atom is -0.379 e. The summed E-state index contributed by atoms with van der Waals surface area (Å²) in [5, 5.41) is 4.71. The fourth-order valence-corrected chi connectivity index (χ4v) is 3.02. The van der Waals surface area contributed by atoms with Crippen molar-refractivity contribution >= 4 is 21.6 Å². The molecule has 0 radical (unpaired) electrons. The molecule has 20 heavy (non-hydrogen) atoms. The molecular weight excluding hydrogens is 268 g/mol.